The molecule has 30 heavy (non-hydrogen) atoms. The summed E-state index contributed by atoms with van der Waals surface area (Å²) in [6.45, 7) is 3.50. The number of anilines is 1. The minimum absolute atomic E-state index is 0.0605. The number of fused-ring (bicyclic) bond motifs is 1. The van der Waals surface area contributed by atoms with Gasteiger partial charge in [-0.15, -0.1) is 16.4 Å². The lowest BCUT2D eigenvalue weighted by atomic mass is 10.1. The van der Waals surface area contributed by atoms with E-state index in [1.807, 2.05) is 60.8 Å². The molecule has 4 aromatic rings. The fourth-order valence-electron chi connectivity index (χ4n) is 3.12. The highest BCUT2D eigenvalue weighted by Crippen LogP contribution is 2.26. The van der Waals surface area contributed by atoms with E-state index in [1.165, 1.54) is 18.3 Å². The van der Waals surface area contributed by atoms with Gasteiger partial charge in [0, 0.05) is 17.9 Å². The van der Waals surface area contributed by atoms with Gasteiger partial charge in [-0.05, 0) is 24.6 Å². The summed E-state index contributed by atoms with van der Waals surface area (Å²) in [7, 11) is 0. The zero-order chi connectivity index (χ0) is 21.1. The van der Waals surface area contributed by atoms with Crippen LogP contribution in [0.1, 0.15) is 25.5 Å². The molecule has 0 radical (unpaired) electrons. The van der Waals surface area contributed by atoms with Crippen molar-refractivity contribution >= 4 is 39.3 Å². The molecular weight excluding hydrogens is 400 g/mol. The number of carbonyl (C=O) groups is 2. The van der Waals surface area contributed by atoms with Gasteiger partial charge in [-0.3, -0.25) is 9.59 Å². The quantitative estimate of drug-likeness (QED) is 0.498. The Morgan fingerprint density at radius 3 is 2.67 bits per heavy atom. The Hall–Kier alpha value is -3.59. The first kappa shape index (κ1) is 19.7. The number of nitrogens with zero attached hydrogens (tertiary/aromatic N) is 4. The van der Waals surface area contributed by atoms with Crippen molar-refractivity contribution in [2.75, 3.05) is 5.32 Å². The van der Waals surface area contributed by atoms with Gasteiger partial charge in [0.05, 0.1) is 17.3 Å². The topological polar surface area (TPSA) is 102 Å². The second-order valence-electron chi connectivity index (χ2n) is 6.87. The molecule has 2 amide bonds. The Morgan fingerprint density at radius 2 is 1.90 bits per heavy atom. The van der Waals surface area contributed by atoms with Gasteiger partial charge in [0.2, 0.25) is 11.8 Å². The lowest BCUT2D eigenvalue weighted by Crippen LogP contribution is -2.23. The van der Waals surface area contributed by atoms with Crippen LogP contribution >= 0.6 is 11.3 Å². The molecule has 0 saturated heterocycles. The van der Waals surface area contributed by atoms with E-state index in [0.717, 1.165) is 27.9 Å². The van der Waals surface area contributed by atoms with E-state index in [0.29, 0.717) is 5.13 Å². The van der Waals surface area contributed by atoms with Crippen LogP contribution < -0.4 is 10.6 Å². The monoisotopic (exact) mass is 420 g/mol. The SMILES string of the molecule is CC(=O)N[C@H](C)c1ccc(-c2csc(NC(=O)Cn3nnc4ccccc43)n2)cc1. The molecule has 0 aliphatic heterocycles. The number of amides is 2. The van der Waals surface area contributed by atoms with Gasteiger partial charge in [-0.25, -0.2) is 9.67 Å². The van der Waals surface area contributed by atoms with Gasteiger partial charge < -0.3 is 10.6 Å². The van der Waals surface area contributed by atoms with Crippen LogP contribution in [0.25, 0.3) is 22.3 Å². The number of hydrogen-bond acceptors (Lipinski definition) is 6. The molecule has 1 atom stereocenters. The third-order valence-electron chi connectivity index (χ3n) is 4.59. The molecule has 2 heterocycles. The standard InChI is InChI=1S/C21H20N6O2S/c1-13(22-14(2)28)15-7-9-16(10-8-15)18-12-30-21(23-18)24-20(29)11-27-19-6-4-3-5-17(19)25-26-27/h3-10,12-13H,11H2,1-2H3,(H,22,28)(H,23,24,29)/t13-/m1/s1. The average molecular weight is 420 g/mol. The Kier molecular flexibility index (Phi) is 5.53. The lowest BCUT2D eigenvalue weighted by Gasteiger charge is -2.13. The van der Waals surface area contributed by atoms with E-state index in [4.69, 9.17) is 0 Å². The molecule has 0 unspecified atom stereocenters. The van der Waals surface area contributed by atoms with Crippen molar-refractivity contribution in [2.45, 2.75) is 26.4 Å². The maximum atomic E-state index is 12.4. The van der Waals surface area contributed by atoms with Crippen molar-refractivity contribution in [1.29, 1.82) is 0 Å². The maximum Gasteiger partial charge on any atom is 0.247 e. The Morgan fingerprint density at radius 1 is 1.13 bits per heavy atom. The molecule has 152 valence electrons. The predicted molar refractivity (Wildman–Crippen MR) is 116 cm³/mol. The normalized spacial score (nSPS) is 11.9. The van der Waals surface area contributed by atoms with Gasteiger partial charge >= 0.3 is 0 Å². The van der Waals surface area contributed by atoms with E-state index in [2.05, 4.69) is 25.9 Å². The molecule has 0 aliphatic rings. The third kappa shape index (κ3) is 4.36. The minimum Gasteiger partial charge on any atom is -0.350 e. The van der Waals surface area contributed by atoms with Crippen molar-refractivity contribution in [1.82, 2.24) is 25.3 Å². The Balaban J connectivity index is 1.41. The average Bonchev–Trinajstić information content (AvgIpc) is 3.35. The number of nitrogens with one attached hydrogen (secondary N) is 2. The summed E-state index contributed by atoms with van der Waals surface area (Å²) in [6.07, 6.45) is 0. The van der Waals surface area contributed by atoms with Gasteiger partial charge in [0.25, 0.3) is 0 Å². The summed E-state index contributed by atoms with van der Waals surface area (Å²) in [5, 5.41) is 16.2. The van der Waals surface area contributed by atoms with E-state index >= 15 is 0 Å². The molecule has 4 rings (SSSR count). The van der Waals surface area contributed by atoms with Crippen LogP contribution in [0, 0.1) is 0 Å². The number of para-hydroxylation sites is 1. The molecule has 0 fully saturated rings. The highest BCUT2D eigenvalue weighted by molar-refractivity contribution is 7.14. The number of carbonyl (C=O) groups excluding carboxylic acids is 2. The Bertz CT molecular complexity index is 1200. The first-order chi connectivity index (χ1) is 14.5. The first-order valence-electron chi connectivity index (χ1n) is 9.40. The number of thiazole rings is 1. The van der Waals surface area contributed by atoms with E-state index in [9.17, 15) is 9.59 Å². The largest absolute Gasteiger partial charge is 0.350 e. The number of hydrogen-bond donors (Lipinski definition) is 2. The van der Waals surface area contributed by atoms with Crippen molar-refractivity contribution in [3.63, 3.8) is 0 Å². The van der Waals surface area contributed by atoms with E-state index in [1.54, 1.807) is 4.68 Å². The maximum absolute atomic E-state index is 12.4. The van der Waals surface area contributed by atoms with Gasteiger partial charge in [-0.1, -0.05) is 41.6 Å². The molecule has 0 saturated carbocycles. The smallest absolute Gasteiger partial charge is 0.247 e. The fraction of sp³-hybridized carbons (Fsp3) is 0.190. The van der Waals surface area contributed by atoms with Gasteiger partial charge in [0.1, 0.15) is 12.1 Å². The highest BCUT2D eigenvalue weighted by Gasteiger charge is 2.12. The van der Waals surface area contributed by atoms with Crippen LogP contribution in [0.5, 0.6) is 0 Å². The molecular formula is C21H20N6O2S. The molecule has 2 aromatic heterocycles. The molecule has 8 nitrogen and oxygen atoms in total. The molecule has 2 aromatic carbocycles. The predicted octanol–water partition coefficient (Wildman–Crippen LogP) is 3.39. The summed E-state index contributed by atoms with van der Waals surface area (Å²) < 4.78 is 1.56. The third-order valence-corrected chi connectivity index (χ3v) is 5.35. The fourth-order valence-corrected chi connectivity index (χ4v) is 3.86. The molecule has 2 N–H and O–H groups in total. The van der Waals surface area contributed by atoms with Crippen LogP contribution in [0.2, 0.25) is 0 Å². The molecule has 0 bridgehead atoms. The summed E-state index contributed by atoms with van der Waals surface area (Å²) >= 11 is 1.36. The van der Waals surface area contributed by atoms with Crippen LogP contribution in [0.15, 0.2) is 53.9 Å². The summed E-state index contributed by atoms with van der Waals surface area (Å²) in [6, 6.07) is 15.3. The summed E-state index contributed by atoms with van der Waals surface area (Å²) in [5.74, 6) is -0.281. The van der Waals surface area contributed by atoms with Gasteiger partial charge in [0.15, 0.2) is 5.13 Å². The van der Waals surface area contributed by atoms with Crippen LogP contribution in [-0.4, -0.2) is 31.8 Å². The molecule has 0 spiro atoms. The Labute approximate surface area is 176 Å². The van der Waals surface area contributed by atoms with Crippen molar-refractivity contribution in [3.05, 3.63) is 59.5 Å². The number of rotatable bonds is 6. The van der Waals surface area contributed by atoms with E-state index < -0.39 is 0 Å². The van der Waals surface area contributed by atoms with E-state index in [-0.39, 0.29) is 24.4 Å². The second-order valence-corrected chi connectivity index (χ2v) is 7.72. The first-order valence-corrected chi connectivity index (χ1v) is 10.3. The summed E-state index contributed by atoms with van der Waals surface area (Å²) in [4.78, 5) is 28.1. The lowest BCUT2D eigenvalue weighted by molar-refractivity contribution is -0.119. The molecule has 9 heteroatoms. The van der Waals surface area contributed by atoms with Crippen molar-refractivity contribution in [2.24, 2.45) is 0 Å². The van der Waals surface area contributed by atoms with Crippen LogP contribution in [0.3, 0.4) is 0 Å². The molecule has 0 aliphatic carbocycles. The van der Waals surface area contributed by atoms with Gasteiger partial charge in [-0.2, -0.15) is 0 Å². The zero-order valence-corrected chi connectivity index (χ0v) is 17.3. The zero-order valence-electron chi connectivity index (χ0n) is 16.5. The number of aromatic nitrogens is 4. The highest BCUT2D eigenvalue weighted by atomic mass is 32.1. The number of benzene rings is 2. The summed E-state index contributed by atoms with van der Waals surface area (Å²) in [5.41, 5.74) is 4.28. The van der Waals surface area contributed by atoms with Crippen LogP contribution in [-0.2, 0) is 16.1 Å². The minimum atomic E-state index is -0.217. The van der Waals surface area contributed by atoms with Crippen molar-refractivity contribution in [3.8, 4) is 11.3 Å². The van der Waals surface area contributed by atoms with Crippen molar-refractivity contribution < 1.29 is 9.59 Å². The second kappa shape index (κ2) is 8.42. The van der Waals surface area contributed by atoms with Crippen LogP contribution in [0.4, 0.5) is 5.13 Å².